The molecule has 1 aromatic rings. The van der Waals surface area contributed by atoms with Crippen LogP contribution in [0.25, 0.3) is 0 Å². The number of terminal acetylenes is 1. The number of rotatable bonds is 5. The van der Waals surface area contributed by atoms with Gasteiger partial charge in [-0.15, -0.1) is 6.42 Å². The summed E-state index contributed by atoms with van der Waals surface area (Å²) in [5.74, 6) is 0.563. The Kier molecular flexibility index (Phi) is 5.70. The highest BCUT2D eigenvalue weighted by Gasteiger charge is 2.45. The zero-order chi connectivity index (χ0) is 19.5. The lowest BCUT2D eigenvalue weighted by molar-refractivity contribution is -0.143. The minimum Gasteiger partial charge on any atom is -0.463 e. The van der Waals surface area contributed by atoms with Crippen LogP contribution in [-0.4, -0.2) is 45.2 Å². The monoisotopic (exact) mass is 390 g/mol. The van der Waals surface area contributed by atoms with E-state index in [0.717, 1.165) is 0 Å². The summed E-state index contributed by atoms with van der Waals surface area (Å²) in [4.78, 5) is 12.5. The zero-order valence-corrected chi connectivity index (χ0v) is 16.0. The van der Waals surface area contributed by atoms with E-state index in [0.29, 0.717) is 30.8 Å². The van der Waals surface area contributed by atoms with Crippen LogP contribution >= 0.6 is 0 Å². The predicted octanol–water partition coefficient (Wildman–Crippen LogP) is 1.98. The smallest absolute Gasteiger partial charge is 0.335 e. The molecule has 144 valence electrons. The van der Waals surface area contributed by atoms with Gasteiger partial charge in [-0.05, 0) is 31.1 Å². The number of benzene rings is 1. The molecule has 0 bridgehead atoms. The molecule has 3 rings (SSSR count). The van der Waals surface area contributed by atoms with E-state index >= 15 is 0 Å². The molecule has 0 radical (unpaired) electrons. The fraction of sp³-hybridized carbons (Fsp3) is 0.450. The Bertz CT molecular complexity index is 887. The maximum absolute atomic E-state index is 13.1. The number of esters is 1. The summed E-state index contributed by atoms with van der Waals surface area (Å²) in [5, 5.41) is -0.985. The van der Waals surface area contributed by atoms with E-state index in [9.17, 15) is 13.2 Å². The van der Waals surface area contributed by atoms with Crippen molar-refractivity contribution in [3.8, 4) is 12.3 Å². The Labute approximate surface area is 159 Å². The SMILES string of the molecule is C#Cc1ccccc1CS(=O)(=O)C1CCC2(C=C1C(=O)OCC)OCCO2. The van der Waals surface area contributed by atoms with Crippen molar-refractivity contribution in [3.05, 3.63) is 47.0 Å². The molecule has 0 saturated carbocycles. The van der Waals surface area contributed by atoms with Crippen LogP contribution in [0, 0.1) is 12.3 Å². The molecule has 1 spiro atoms. The van der Waals surface area contributed by atoms with Crippen molar-refractivity contribution in [1.29, 1.82) is 0 Å². The number of hydrogen-bond acceptors (Lipinski definition) is 6. The quantitative estimate of drug-likeness (QED) is 0.565. The molecule has 0 amide bonds. The number of carbonyl (C=O) groups is 1. The summed E-state index contributed by atoms with van der Waals surface area (Å²) < 4.78 is 42.6. The maximum Gasteiger partial charge on any atom is 0.335 e. The summed E-state index contributed by atoms with van der Waals surface area (Å²) in [6.45, 7) is 2.63. The summed E-state index contributed by atoms with van der Waals surface area (Å²) in [6, 6.07) is 6.88. The Hall–Kier alpha value is -2.14. The zero-order valence-electron chi connectivity index (χ0n) is 15.1. The first-order chi connectivity index (χ1) is 12.9. The Balaban J connectivity index is 1.95. The lowest BCUT2D eigenvalue weighted by atomic mass is 9.94. The summed E-state index contributed by atoms with van der Waals surface area (Å²) in [6.07, 6.45) is 7.53. The van der Waals surface area contributed by atoms with Crippen molar-refractivity contribution in [2.75, 3.05) is 19.8 Å². The third-order valence-electron chi connectivity index (χ3n) is 4.73. The van der Waals surface area contributed by atoms with Crippen LogP contribution in [0.1, 0.15) is 30.9 Å². The summed E-state index contributed by atoms with van der Waals surface area (Å²) in [5.41, 5.74) is 1.14. The van der Waals surface area contributed by atoms with Crippen LogP contribution in [-0.2, 0) is 34.6 Å². The fourth-order valence-electron chi connectivity index (χ4n) is 3.47. The molecule has 0 N–H and O–H groups in total. The molecule has 1 unspecified atom stereocenters. The van der Waals surface area contributed by atoms with Gasteiger partial charge in [0.25, 0.3) is 0 Å². The van der Waals surface area contributed by atoms with Gasteiger partial charge in [0.15, 0.2) is 15.6 Å². The van der Waals surface area contributed by atoms with Crippen molar-refractivity contribution in [2.24, 2.45) is 0 Å². The lowest BCUT2D eigenvalue weighted by Crippen LogP contribution is -2.41. The molecular weight excluding hydrogens is 368 g/mol. The van der Waals surface area contributed by atoms with Gasteiger partial charge in [0.2, 0.25) is 0 Å². The van der Waals surface area contributed by atoms with Crippen molar-refractivity contribution < 1.29 is 27.4 Å². The van der Waals surface area contributed by atoms with Gasteiger partial charge in [-0.2, -0.15) is 0 Å². The molecular formula is C20H22O6S. The van der Waals surface area contributed by atoms with Crippen molar-refractivity contribution in [2.45, 2.75) is 36.6 Å². The van der Waals surface area contributed by atoms with E-state index in [4.69, 9.17) is 20.6 Å². The van der Waals surface area contributed by atoms with Gasteiger partial charge in [-0.25, -0.2) is 13.2 Å². The minimum absolute atomic E-state index is 0.0724. The Morgan fingerprint density at radius 2 is 2.04 bits per heavy atom. The van der Waals surface area contributed by atoms with E-state index in [1.807, 2.05) is 0 Å². The topological polar surface area (TPSA) is 78.9 Å². The van der Waals surface area contributed by atoms with E-state index in [-0.39, 0.29) is 24.4 Å². The Morgan fingerprint density at radius 3 is 2.70 bits per heavy atom. The first-order valence-corrected chi connectivity index (χ1v) is 10.6. The normalized spacial score (nSPS) is 21.5. The summed E-state index contributed by atoms with van der Waals surface area (Å²) >= 11 is 0. The average Bonchev–Trinajstić information content (AvgIpc) is 3.09. The summed E-state index contributed by atoms with van der Waals surface area (Å²) in [7, 11) is -3.70. The van der Waals surface area contributed by atoms with E-state index in [1.54, 1.807) is 31.2 Å². The van der Waals surface area contributed by atoms with Crippen molar-refractivity contribution >= 4 is 15.8 Å². The van der Waals surface area contributed by atoms with Gasteiger partial charge in [0.1, 0.15) is 0 Å². The van der Waals surface area contributed by atoms with Crippen LogP contribution in [0.15, 0.2) is 35.9 Å². The molecule has 1 saturated heterocycles. The molecule has 1 atom stereocenters. The van der Waals surface area contributed by atoms with Gasteiger partial charge < -0.3 is 14.2 Å². The molecule has 0 aromatic heterocycles. The molecule has 1 heterocycles. The highest BCUT2D eigenvalue weighted by Crippen LogP contribution is 2.38. The fourth-order valence-corrected chi connectivity index (χ4v) is 5.38. The van der Waals surface area contributed by atoms with Crippen molar-refractivity contribution in [3.63, 3.8) is 0 Å². The van der Waals surface area contributed by atoms with E-state index < -0.39 is 26.8 Å². The number of ether oxygens (including phenoxy) is 3. The third-order valence-corrected chi connectivity index (χ3v) is 6.80. The first kappa shape index (κ1) is 19.6. The van der Waals surface area contributed by atoms with Crippen LogP contribution in [0.5, 0.6) is 0 Å². The molecule has 1 aliphatic carbocycles. The minimum atomic E-state index is -3.70. The molecule has 1 aliphatic heterocycles. The molecule has 27 heavy (non-hydrogen) atoms. The Morgan fingerprint density at radius 1 is 1.33 bits per heavy atom. The third kappa shape index (κ3) is 4.08. The predicted molar refractivity (Wildman–Crippen MR) is 99.4 cm³/mol. The van der Waals surface area contributed by atoms with Crippen LogP contribution in [0.4, 0.5) is 0 Å². The molecule has 6 nitrogen and oxygen atoms in total. The first-order valence-electron chi connectivity index (χ1n) is 8.84. The van der Waals surface area contributed by atoms with Gasteiger partial charge >= 0.3 is 5.97 Å². The van der Waals surface area contributed by atoms with Gasteiger partial charge in [-0.1, -0.05) is 24.1 Å². The average molecular weight is 390 g/mol. The number of hydrogen-bond donors (Lipinski definition) is 0. The van der Waals surface area contributed by atoms with Gasteiger partial charge in [0.05, 0.1) is 36.4 Å². The molecule has 7 heteroatoms. The highest BCUT2D eigenvalue weighted by molar-refractivity contribution is 7.91. The van der Waals surface area contributed by atoms with Gasteiger partial charge in [0, 0.05) is 12.0 Å². The van der Waals surface area contributed by atoms with Crippen LogP contribution < -0.4 is 0 Å². The second-order valence-corrected chi connectivity index (χ2v) is 8.65. The molecule has 2 aliphatic rings. The highest BCUT2D eigenvalue weighted by atomic mass is 32.2. The van der Waals surface area contributed by atoms with Crippen LogP contribution in [0.2, 0.25) is 0 Å². The maximum atomic E-state index is 13.1. The number of carbonyl (C=O) groups excluding carboxylic acids is 1. The second-order valence-electron chi connectivity index (χ2n) is 6.46. The second kappa shape index (κ2) is 7.85. The van der Waals surface area contributed by atoms with E-state index in [2.05, 4.69) is 5.92 Å². The van der Waals surface area contributed by atoms with Gasteiger partial charge in [-0.3, -0.25) is 0 Å². The van der Waals surface area contributed by atoms with Crippen molar-refractivity contribution in [1.82, 2.24) is 0 Å². The lowest BCUT2D eigenvalue weighted by Gasteiger charge is -2.33. The van der Waals surface area contributed by atoms with E-state index in [1.165, 1.54) is 6.08 Å². The largest absolute Gasteiger partial charge is 0.463 e. The molecule has 1 aromatic carbocycles. The standard InChI is InChI=1S/C20H22O6S/c1-3-15-7-5-6-8-16(15)14-27(22,23)18-9-10-20(25-11-12-26-20)13-17(18)19(21)24-4-2/h1,5-8,13,18H,4,9-12,14H2,2H3. The molecule has 1 fully saturated rings. The number of sulfone groups is 1. The van der Waals surface area contributed by atoms with Crippen LogP contribution in [0.3, 0.4) is 0 Å².